The van der Waals surface area contributed by atoms with E-state index >= 15 is 0 Å². The molecule has 2 aromatic carbocycles. The first-order valence-corrected chi connectivity index (χ1v) is 17.8. The summed E-state index contributed by atoms with van der Waals surface area (Å²) in [5.41, 5.74) is 3.47. The third kappa shape index (κ3) is 6.20. The van der Waals surface area contributed by atoms with Gasteiger partial charge < -0.3 is 14.7 Å². The number of carbonyl (C=O) groups is 1. The van der Waals surface area contributed by atoms with Crippen molar-refractivity contribution < 1.29 is 23.1 Å². The maximum Gasteiger partial charge on any atom is 0.264 e. The van der Waals surface area contributed by atoms with Crippen molar-refractivity contribution in [2.24, 2.45) is 17.8 Å². The van der Waals surface area contributed by atoms with Gasteiger partial charge in [0.05, 0.1) is 17.5 Å². The molecule has 1 saturated carbocycles. The van der Waals surface area contributed by atoms with Gasteiger partial charge in [-0.2, -0.15) is 0 Å². The number of hydrogen-bond acceptors (Lipinski definition) is 6. The fourth-order valence-electron chi connectivity index (χ4n) is 7.75. The van der Waals surface area contributed by atoms with Gasteiger partial charge in [0.15, 0.2) is 0 Å². The lowest BCUT2D eigenvalue weighted by atomic mass is 9.68. The minimum atomic E-state index is -3.87. The Morgan fingerprint density at radius 1 is 1.14 bits per heavy atom. The molecule has 5 atom stereocenters. The van der Waals surface area contributed by atoms with Gasteiger partial charge in [0, 0.05) is 41.6 Å². The number of sulfonamides is 1. The second-order valence-corrected chi connectivity index (χ2v) is 15.5. The molecule has 1 amide bonds. The number of hydrogen-bond donors (Lipinski definition) is 2. The maximum absolute atomic E-state index is 13.4. The summed E-state index contributed by atoms with van der Waals surface area (Å²) in [4.78, 5) is 15.8. The largest absolute Gasteiger partial charge is 0.490 e. The number of halogens is 1. The molecule has 2 aromatic rings. The summed E-state index contributed by atoms with van der Waals surface area (Å²) in [6.07, 6.45) is 11.7. The van der Waals surface area contributed by atoms with E-state index in [0.29, 0.717) is 49.0 Å². The van der Waals surface area contributed by atoms with Gasteiger partial charge in [-0.1, -0.05) is 36.7 Å². The molecule has 0 unspecified atom stereocenters. The Bertz CT molecular complexity index is 1490. The number of nitrogens with zero attached hydrogens (tertiary/aromatic N) is 1. The van der Waals surface area contributed by atoms with Crippen LogP contribution >= 0.6 is 11.6 Å². The van der Waals surface area contributed by atoms with E-state index in [1.165, 1.54) is 11.1 Å². The summed E-state index contributed by atoms with van der Waals surface area (Å²) in [7, 11) is -3.87. The van der Waals surface area contributed by atoms with E-state index in [0.717, 1.165) is 62.3 Å². The number of aliphatic hydroxyl groups is 1. The monoisotopic (exact) mass is 626 g/mol. The summed E-state index contributed by atoms with van der Waals surface area (Å²) >= 11 is 6.41. The van der Waals surface area contributed by atoms with Crippen LogP contribution in [0.15, 0.2) is 48.6 Å². The molecule has 0 saturated heterocycles. The van der Waals surface area contributed by atoms with Crippen LogP contribution in [0.2, 0.25) is 5.02 Å². The Hall–Kier alpha value is -2.55. The van der Waals surface area contributed by atoms with Crippen LogP contribution in [-0.2, 0) is 21.9 Å². The standard InChI is InChI=1S/C34H43ClN2O5S/c1-2-29-8-4-3-6-23(20-38)16-24-9-10-27(24)19-37-21-34(15-5-7-25-17-28(35)12-13-30(25)34)22-42-32-14-11-26(18-31(32)37)33(39)36-43(29,40)41/h3,6,11-14,17-18,23-24,27,29,38H,2,4-5,7-10,15-16,19-22H2,1H3,(H,36,39)/b6-3+/t23-,24+,27+,29-,34+/m1/s1. The molecule has 0 aromatic heterocycles. The number of ether oxygens (including phenoxy) is 1. The van der Waals surface area contributed by atoms with Crippen LogP contribution in [0.5, 0.6) is 5.75 Å². The van der Waals surface area contributed by atoms with Gasteiger partial charge in [0.1, 0.15) is 5.75 Å². The van der Waals surface area contributed by atoms with Crippen LogP contribution in [0.3, 0.4) is 0 Å². The van der Waals surface area contributed by atoms with E-state index in [9.17, 15) is 18.3 Å². The molecule has 1 spiro atoms. The summed E-state index contributed by atoms with van der Waals surface area (Å²) < 4.78 is 35.4. The number of rotatable bonds is 2. The Morgan fingerprint density at radius 3 is 2.74 bits per heavy atom. The van der Waals surface area contributed by atoms with Crippen molar-refractivity contribution in [1.82, 2.24) is 4.72 Å². The SMILES string of the molecule is CC[C@@H]1CC/C=C/[C@@H](CO)C[C@@H]2CC[C@H]2CN2C[C@@]3(CCCc4cc(Cl)ccc43)COc3ccc(cc32)C(=O)NS1(=O)=O. The van der Waals surface area contributed by atoms with Crippen molar-refractivity contribution in [3.8, 4) is 5.75 Å². The van der Waals surface area contributed by atoms with Crippen molar-refractivity contribution in [2.75, 3.05) is 31.2 Å². The van der Waals surface area contributed by atoms with Crippen LogP contribution in [-0.4, -0.2) is 51.0 Å². The van der Waals surface area contributed by atoms with Gasteiger partial charge >= 0.3 is 0 Å². The molecule has 0 radical (unpaired) electrons. The summed E-state index contributed by atoms with van der Waals surface area (Å²) in [6, 6.07) is 11.5. The molecular weight excluding hydrogens is 584 g/mol. The van der Waals surface area contributed by atoms with E-state index < -0.39 is 21.2 Å². The number of amides is 1. The molecule has 1 fully saturated rings. The van der Waals surface area contributed by atoms with Gasteiger partial charge in [0.2, 0.25) is 10.0 Å². The Kier molecular flexibility index (Phi) is 8.82. The number of aliphatic hydroxyl groups excluding tert-OH is 1. The predicted octanol–water partition coefficient (Wildman–Crippen LogP) is 6.03. The number of carbonyl (C=O) groups excluding carboxylic acids is 1. The van der Waals surface area contributed by atoms with Crippen molar-refractivity contribution >= 4 is 33.2 Å². The number of anilines is 1. The van der Waals surface area contributed by atoms with Gasteiger partial charge in [-0.05, 0) is 111 Å². The first kappa shape index (κ1) is 30.5. The molecule has 2 heterocycles. The molecule has 232 valence electrons. The zero-order valence-corrected chi connectivity index (χ0v) is 26.5. The number of fused-ring (bicyclic) bond motifs is 4. The number of benzene rings is 2. The lowest BCUT2D eigenvalue weighted by Gasteiger charge is -2.45. The molecule has 9 heteroatoms. The topological polar surface area (TPSA) is 95.9 Å². The highest BCUT2D eigenvalue weighted by molar-refractivity contribution is 7.90. The maximum atomic E-state index is 13.4. The zero-order valence-electron chi connectivity index (χ0n) is 24.9. The van der Waals surface area contributed by atoms with Crippen molar-refractivity contribution in [2.45, 2.75) is 75.4 Å². The predicted molar refractivity (Wildman–Crippen MR) is 170 cm³/mol. The van der Waals surface area contributed by atoms with Gasteiger partial charge in [-0.15, -0.1) is 0 Å². The minimum absolute atomic E-state index is 0.0486. The zero-order chi connectivity index (χ0) is 30.2. The Labute approximate surface area is 260 Å². The van der Waals surface area contributed by atoms with Crippen LogP contribution in [0.1, 0.15) is 79.8 Å². The van der Waals surface area contributed by atoms with Crippen LogP contribution in [0, 0.1) is 17.8 Å². The van der Waals surface area contributed by atoms with Crippen LogP contribution in [0.4, 0.5) is 5.69 Å². The first-order valence-electron chi connectivity index (χ1n) is 15.9. The van der Waals surface area contributed by atoms with Gasteiger partial charge in [-0.3, -0.25) is 4.79 Å². The number of aryl methyl sites for hydroxylation is 1. The third-order valence-electron chi connectivity index (χ3n) is 10.4. The van der Waals surface area contributed by atoms with E-state index in [1.807, 2.05) is 31.2 Å². The molecule has 2 aliphatic carbocycles. The van der Waals surface area contributed by atoms with E-state index in [-0.39, 0.29) is 17.9 Å². The van der Waals surface area contributed by atoms with Crippen LogP contribution < -0.4 is 14.4 Å². The molecule has 2 bridgehead atoms. The van der Waals surface area contributed by atoms with Gasteiger partial charge in [0.25, 0.3) is 5.91 Å². The highest BCUT2D eigenvalue weighted by atomic mass is 35.5. The molecule has 7 nitrogen and oxygen atoms in total. The second kappa shape index (κ2) is 12.4. The highest BCUT2D eigenvalue weighted by Gasteiger charge is 2.43. The van der Waals surface area contributed by atoms with Crippen molar-refractivity contribution in [1.29, 1.82) is 0 Å². The van der Waals surface area contributed by atoms with E-state index in [1.54, 1.807) is 6.07 Å². The lowest BCUT2D eigenvalue weighted by molar-refractivity contribution is 0.0981. The summed E-state index contributed by atoms with van der Waals surface area (Å²) in [6.45, 7) is 3.99. The molecule has 2 aliphatic heterocycles. The normalized spacial score (nSPS) is 31.3. The molecule has 43 heavy (non-hydrogen) atoms. The first-order chi connectivity index (χ1) is 20.7. The van der Waals surface area contributed by atoms with Gasteiger partial charge in [-0.25, -0.2) is 13.1 Å². The molecule has 2 N–H and O–H groups in total. The Balaban J connectivity index is 1.40. The Morgan fingerprint density at radius 2 is 1.98 bits per heavy atom. The second-order valence-electron chi connectivity index (χ2n) is 13.1. The fourth-order valence-corrected chi connectivity index (χ4v) is 9.37. The summed E-state index contributed by atoms with van der Waals surface area (Å²) in [5, 5.41) is 10.2. The molecule has 6 rings (SSSR count). The number of allylic oxidation sites excluding steroid dienone is 1. The quantitative estimate of drug-likeness (QED) is 0.396. The van der Waals surface area contributed by atoms with Crippen molar-refractivity contribution in [3.05, 3.63) is 70.3 Å². The van der Waals surface area contributed by atoms with E-state index in [4.69, 9.17) is 16.3 Å². The molecular formula is C34H43ClN2O5S. The number of nitrogens with one attached hydrogen (secondary N) is 1. The third-order valence-corrected chi connectivity index (χ3v) is 12.5. The van der Waals surface area contributed by atoms with Crippen molar-refractivity contribution in [3.63, 3.8) is 0 Å². The molecule has 4 aliphatic rings. The average molecular weight is 627 g/mol. The average Bonchev–Trinajstić information content (AvgIpc) is 3.12. The summed E-state index contributed by atoms with van der Waals surface area (Å²) in [5.74, 6) is 1.10. The van der Waals surface area contributed by atoms with Crippen LogP contribution in [0.25, 0.3) is 0 Å². The highest BCUT2D eigenvalue weighted by Crippen LogP contribution is 2.47. The smallest absolute Gasteiger partial charge is 0.264 e. The minimum Gasteiger partial charge on any atom is -0.490 e. The lowest BCUT2D eigenvalue weighted by Crippen LogP contribution is -2.48. The van der Waals surface area contributed by atoms with E-state index in [2.05, 4.69) is 27.8 Å². The fraction of sp³-hybridized carbons (Fsp3) is 0.559.